The predicted molar refractivity (Wildman–Crippen MR) is 114 cm³/mol. The number of nitrogens with zero attached hydrogens (tertiary/aromatic N) is 3. The van der Waals surface area contributed by atoms with Gasteiger partial charge in [-0.1, -0.05) is 53.5 Å². The van der Waals surface area contributed by atoms with Gasteiger partial charge in [-0.3, -0.25) is 14.9 Å². The maximum Gasteiger partial charge on any atom is 0.256 e. The van der Waals surface area contributed by atoms with Gasteiger partial charge in [0, 0.05) is 28.7 Å². The molecule has 0 aliphatic carbocycles. The minimum atomic E-state index is -0.596. The number of hydrogen-bond donors (Lipinski definition) is 1. The molecule has 1 aromatic heterocycles. The number of amides is 2. The molecule has 2 heterocycles. The van der Waals surface area contributed by atoms with Crippen molar-refractivity contribution in [1.82, 2.24) is 14.3 Å². The van der Waals surface area contributed by atoms with E-state index in [0.717, 1.165) is 23.5 Å². The van der Waals surface area contributed by atoms with Gasteiger partial charge < -0.3 is 4.90 Å². The van der Waals surface area contributed by atoms with Crippen LogP contribution < -0.4 is 5.32 Å². The van der Waals surface area contributed by atoms with E-state index in [2.05, 4.69) is 14.7 Å². The van der Waals surface area contributed by atoms with E-state index in [4.69, 9.17) is 23.2 Å². The van der Waals surface area contributed by atoms with Gasteiger partial charge in [-0.15, -0.1) is 0 Å². The zero-order chi connectivity index (χ0) is 20.4. The van der Waals surface area contributed by atoms with Crippen LogP contribution >= 0.6 is 34.7 Å². The van der Waals surface area contributed by atoms with E-state index in [1.807, 2.05) is 30.3 Å². The van der Waals surface area contributed by atoms with Gasteiger partial charge in [-0.05, 0) is 31.0 Å². The van der Waals surface area contributed by atoms with E-state index in [9.17, 15) is 9.59 Å². The Morgan fingerprint density at radius 1 is 1.14 bits per heavy atom. The summed E-state index contributed by atoms with van der Waals surface area (Å²) in [5, 5.41) is 3.91. The summed E-state index contributed by atoms with van der Waals surface area (Å²) in [6.07, 6.45) is 1.30. The SMILES string of the molecule is O=C(Nc1nc(-c2ccccc2)ns1)[C@@H]1CCCN1C(=O)c1cc(Cl)ccc1Cl. The lowest BCUT2D eigenvalue weighted by Crippen LogP contribution is -2.43. The summed E-state index contributed by atoms with van der Waals surface area (Å²) < 4.78 is 4.29. The van der Waals surface area contributed by atoms with Crippen LogP contribution in [0.1, 0.15) is 23.2 Å². The number of halogens is 2. The molecule has 3 aromatic rings. The second-order valence-electron chi connectivity index (χ2n) is 6.56. The summed E-state index contributed by atoms with van der Waals surface area (Å²) in [5.74, 6) is -0.0434. The molecule has 0 spiro atoms. The standard InChI is InChI=1S/C20H16Cl2N4O2S/c21-13-8-9-15(22)14(11-13)19(28)26-10-4-7-16(26)18(27)24-20-23-17(25-29-20)12-5-2-1-3-6-12/h1-3,5-6,8-9,11,16H,4,7,10H2,(H,23,24,25,27)/t16-/m0/s1. The Balaban J connectivity index is 1.49. The number of rotatable bonds is 4. The van der Waals surface area contributed by atoms with E-state index >= 15 is 0 Å². The van der Waals surface area contributed by atoms with Crippen LogP contribution in [0.15, 0.2) is 48.5 Å². The Morgan fingerprint density at radius 3 is 2.72 bits per heavy atom. The summed E-state index contributed by atoms with van der Waals surface area (Å²) in [5.41, 5.74) is 1.17. The van der Waals surface area contributed by atoms with Gasteiger partial charge in [0.15, 0.2) is 5.82 Å². The summed E-state index contributed by atoms with van der Waals surface area (Å²) in [6, 6.07) is 13.6. The molecule has 4 rings (SSSR count). The van der Waals surface area contributed by atoms with Gasteiger partial charge >= 0.3 is 0 Å². The quantitative estimate of drug-likeness (QED) is 0.626. The van der Waals surface area contributed by atoms with Crippen LogP contribution in [0.3, 0.4) is 0 Å². The largest absolute Gasteiger partial charge is 0.327 e. The number of benzene rings is 2. The van der Waals surface area contributed by atoms with Crippen molar-refractivity contribution < 1.29 is 9.59 Å². The van der Waals surface area contributed by atoms with Gasteiger partial charge in [0.05, 0.1) is 10.6 Å². The molecule has 6 nitrogen and oxygen atoms in total. The van der Waals surface area contributed by atoms with Gasteiger partial charge in [-0.25, -0.2) is 0 Å². The zero-order valence-corrected chi connectivity index (χ0v) is 17.5. The molecule has 0 saturated carbocycles. The highest BCUT2D eigenvalue weighted by atomic mass is 35.5. The maximum atomic E-state index is 13.0. The summed E-state index contributed by atoms with van der Waals surface area (Å²) in [7, 11) is 0. The van der Waals surface area contributed by atoms with Crippen molar-refractivity contribution in [2.24, 2.45) is 0 Å². The molecule has 2 amide bonds. The number of nitrogens with one attached hydrogen (secondary N) is 1. The van der Waals surface area contributed by atoms with Crippen LogP contribution in [0.25, 0.3) is 11.4 Å². The molecular weight excluding hydrogens is 431 g/mol. The first-order valence-corrected chi connectivity index (χ1v) is 10.5. The van der Waals surface area contributed by atoms with Crippen molar-refractivity contribution in [2.45, 2.75) is 18.9 Å². The highest BCUT2D eigenvalue weighted by Gasteiger charge is 2.35. The van der Waals surface area contributed by atoms with E-state index in [0.29, 0.717) is 39.5 Å². The highest BCUT2D eigenvalue weighted by Crippen LogP contribution is 2.27. The summed E-state index contributed by atoms with van der Waals surface area (Å²) in [6.45, 7) is 0.477. The van der Waals surface area contributed by atoms with Crippen LogP contribution in [0.4, 0.5) is 5.13 Å². The average molecular weight is 447 g/mol. The molecular formula is C20H16Cl2N4O2S. The molecule has 1 fully saturated rings. The molecule has 1 aliphatic heterocycles. The van der Waals surface area contributed by atoms with Crippen molar-refractivity contribution in [2.75, 3.05) is 11.9 Å². The lowest BCUT2D eigenvalue weighted by molar-refractivity contribution is -0.119. The van der Waals surface area contributed by atoms with Crippen molar-refractivity contribution >= 4 is 51.7 Å². The van der Waals surface area contributed by atoms with Gasteiger partial charge in [0.1, 0.15) is 6.04 Å². The van der Waals surface area contributed by atoms with Crippen LogP contribution in [0.5, 0.6) is 0 Å². The molecule has 0 radical (unpaired) electrons. The van der Waals surface area contributed by atoms with E-state index < -0.39 is 6.04 Å². The molecule has 148 valence electrons. The van der Waals surface area contributed by atoms with Crippen molar-refractivity contribution in [3.63, 3.8) is 0 Å². The van der Waals surface area contributed by atoms with Crippen LogP contribution in [-0.4, -0.2) is 38.7 Å². The first-order chi connectivity index (χ1) is 14.0. The van der Waals surface area contributed by atoms with Gasteiger partial charge in [0.2, 0.25) is 11.0 Å². The van der Waals surface area contributed by atoms with Crippen molar-refractivity contribution in [1.29, 1.82) is 0 Å². The summed E-state index contributed by atoms with van der Waals surface area (Å²) in [4.78, 5) is 31.7. The fourth-order valence-electron chi connectivity index (χ4n) is 3.27. The average Bonchev–Trinajstić information content (AvgIpc) is 3.40. The Kier molecular flexibility index (Phi) is 5.80. The normalized spacial score (nSPS) is 16.1. The number of carbonyl (C=O) groups excluding carboxylic acids is 2. The molecule has 0 unspecified atom stereocenters. The molecule has 9 heteroatoms. The maximum absolute atomic E-state index is 13.0. The Bertz CT molecular complexity index is 1060. The fraction of sp³-hybridized carbons (Fsp3) is 0.200. The number of carbonyl (C=O) groups is 2. The molecule has 29 heavy (non-hydrogen) atoms. The third-order valence-electron chi connectivity index (χ3n) is 4.66. The van der Waals surface area contributed by atoms with Gasteiger partial charge in [-0.2, -0.15) is 9.36 Å². The third-order valence-corrected chi connectivity index (χ3v) is 5.86. The minimum absolute atomic E-state index is 0.287. The molecule has 1 N–H and O–H groups in total. The molecule has 1 aliphatic rings. The fourth-order valence-corrected chi connectivity index (χ4v) is 4.23. The first-order valence-electron chi connectivity index (χ1n) is 8.99. The van der Waals surface area contributed by atoms with Crippen LogP contribution in [0, 0.1) is 0 Å². The van der Waals surface area contributed by atoms with E-state index in [1.165, 1.54) is 11.0 Å². The van der Waals surface area contributed by atoms with Crippen LogP contribution in [-0.2, 0) is 4.79 Å². The first kappa shape index (κ1) is 19.8. The monoisotopic (exact) mass is 446 g/mol. The summed E-state index contributed by atoms with van der Waals surface area (Å²) >= 11 is 13.3. The molecule has 1 atom stereocenters. The zero-order valence-electron chi connectivity index (χ0n) is 15.1. The Morgan fingerprint density at radius 2 is 1.93 bits per heavy atom. The Hall–Kier alpha value is -2.48. The lowest BCUT2D eigenvalue weighted by Gasteiger charge is -2.24. The topological polar surface area (TPSA) is 75.2 Å². The van der Waals surface area contributed by atoms with Gasteiger partial charge in [0.25, 0.3) is 5.91 Å². The van der Waals surface area contributed by atoms with E-state index in [1.54, 1.807) is 12.1 Å². The molecule has 0 bridgehead atoms. The predicted octanol–water partition coefficient (Wildman–Crippen LogP) is 4.76. The number of likely N-dealkylation sites (tertiary alicyclic amines) is 1. The minimum Gasteiger partial charge on any atom is -0.327 e. The number of anilines is 1. The van der Waals surface area contributed by atoms with Crippen molar-refractivity contribution in [3.8, 4) is 11.4 Å². The third kappa shape index (κ3) is 4.27. The second-order valence-corrected chi connectivity index (χ2v) is 8.15. The van der Waals surface area contributed by atoms with E-state index in [-0.39, 0.29) is 11.8 Å². The smallest absolute Gasteiger partial charge is 0.256 e. The highest BCUT2D eigenvalue weighted by molar-refractivity contribution is 7.10. The second kappa shape index (κ2) is 8.49. The van der Waals surface area contributed by atoms with Crippen molar-refractivity contribution in [3.05, 3.63) is 64.1 Å². The van der Waals surface area contributed by atoms with Crippen LogP contribution in [0.2, 0.25) is 10.0 Å². The number of hydrogen-bond acceptors (Lipinski definition) is 5. The molecule has 1 saturated heterocycles. The Labute approximate surface area is 181 Å². The lowest BCUT2D eigenvalue weighted by atomic mass is 10.1. The number of aromatic nitrogens is 2. The molecule has 2 aromatic carbocycles.